The van der Waals surface area contributed by atoms with Gasteiger partial charge in [0.1, 0.15) is 11.5 Å². The van der Waals surface area contributed by atoms with Crippen LogP contribution in [0.1, 0.15) is 31.9 Å². The van der Waals surface area contributed by atoms with Gasteiger partial charge in [0.25, 0.3) is 11.8 Å². The molecule has 0 unspecified atom stereocenters. The molecule has 1 N–H and O–H groups in total. The van der Waals surface area contributed by atoms with Gasteiger partial charge in [0, 0.05) is 32.7 Å². The van der Waals surface area contributed by atoms with Gasteiger partial charge in [-0.1, -0.05) is 45.0 Å². The van der Waals surface area contributed by atoms with Crippen molar-refractivity contribution < 1.29 is 19.1 Å². The van der Waals surface area contributed by atoms with E-state index in [9.17, 15) is 19.1 Å². The van der Waals surface area contributed by atoms with Crippen molar-refractivity contribution in [2.24, 2.45) is 0 Å². The molecule has 2 aliphatic rings. The second kappa shape index (κ2) is 9.08. The van der Waals surface area contributed by atoms with Gasteiger partial charge >= 0.3 is 0 Å². The number of hydrogen-bond acceptors (Lipinski definition) is 5. The number of imide groups is 1. The van der Waals surface area contributed by atoms with Crippen LogP contribution < -0.4 is 4.90 Å². The van der Waals surface area contributed by atoms with Gasteiger partial charge < -0.3 is 10.0 Å². The number of nitrogens with zero attached hydrogens (tertiary/aromatic N) is 3. The zero-order valence-electron chi connectivity index (χ0n) is 19.3. The van der Waals surface area contributed by atoms with Crippen molar-refractivity contribution >= 4 is 23.1 Å². The first-order valence-electron chi connectivity index (χ1n) is 11.3. The number of halogens is 1. The molecule has 2 heterocycles. The van der Waals surface area contributed by atoms with E-state index in [0.29, 0.717) is 55.2 Å². The molecule has 4 rings (SSSR count). The number of anilines is 1. The Bertz CT molecular complexity index is 1060. The maximum absolute atomic E-state index is 13.6. The fourth-order valence-electron chi connectivity index (χ4n) is 4.37. The summed E-state index contributed by atoms with van der Waals surface area (Å²) < 4.78 is 13.6. The van der Waals surface area contributed by atoms with Crippen LogP contribution in [0.3, 0.4) is 0 Å². The molecule has 2 aromatic rings. The first-order valence-corrected chi connectivity index (χ1v) is 11.3. The Morgan fingerprint density at radius 1 is 0.879 bits per heavy atom. The Morgan fingerprint density at radius 2 is 1.48 bits per heavy atom. The highest BCUT2D eigenvalue weighted by Crippen LogP contribution is 2.36. The molecular formula is C26H30FN3O3. The topological polar surface area (TPSA) is 64.1 Å². The molecule has 0 radical (unpaired) electrons. The average molecular weight is 452 g/mol. The molecule has 0 aliphatic carbocycles. The van der Waals surface area contributed by atoms with Crippen molar-refractivity contribution in [3.63, 3.8) is 0 Å². The second-order valence-corrected chi connectivity index (χ2v) is 9.53. The summed E-state index contributed by atoms with van der Waals surface area (Å²) in [5.41, 5.74) is 2.76. The van der Waals surface area contributed by atoms with E-state index in [4.69, 9.17) is 0 Å². The van der Waals surface area contributed by atoms with Gasteiger partial charge in [-0.2, -0.15) is 0 Å². The number of piperazine rings is 1. The number of hydrogen-bond donors (Lipinski definition) is 1. The summed E-state index contributed by atoms with van der Waals surface area (Å²) in [5, 5.41) is 9.22. The summed E-state index contributed by atoms with van der Waals surface area (Å²) in [7, 11) is 0. The molecule has 7 heteroatoms. The lowest BCUT2D eigenvalue weighted by Crippen LogP contribution is -2.48. The highest BCUT2D eigenvalue weighted by molar-refractivity contribution is 6.45. The van der Waals surface area contributed by atoms with Crippen LogP contribution in [0, 0.1) is 5.82 Å². The molecule has 0 aromatic heterocycles. The number of amides is 2. The van der Waals surface area contributed by atoms with Gasteiger partial charge in [-0.3, -0.25) is 14.5 Å². The number of carbonyl (C=O) groups is 2. The van der Waals surface area contributed by atoms with Crippen molar-refractivity contribution in [1.82, 2.24) is 9.80 Å². The summed E-state index contributed by atoms with van der Waals surface area (Å²) in [6, 6.07) is 13.2. The molecule has 2 aliphatic heterocycles. The predicted molar refractivity (Wildman–Crippen MR) is 126 cm³/mol. The largest absolute Gasteiger partial charge is 0.395 e. The van der Waals surface area contributed by atoms with Crippen LogP contribution in [0.25, 0.3) is 5.57 Å². The van der Waals surface area contributed by atoms with E-state index in [-0.39, 0.29) is 17.9 Å². The van der Waals surface area contributed by atoms with Crippen molar-refractivity contribution in [2.45, 2.75) is 26.2 Å². The van der Waals surface area contributed by atoms with Crippen molar-refractivity contribution in [3.8, 4) is 0 Å². The normalized spacial score (nSPS) is 18.0. The lowest BCUT2D eigenvalue weighted by atomic mass is 9.87. The first-order chi connectivity index (χ1) is 15.7. The number of rotatable bonds is 5. The van der Waals surface area contributed by atoms with E-state index in [0.717, 1.165) is 5.56 Å². The Hall–Kier alpha value is -3.03. The molecule has 33 heavy (non-hydrogen) atoms. The molecule has 174 valence electrons. The lowest BCUT2D eigenvalue weighted by molar-refractivity contribution is -0.120. The van der Waals surface area contributed by atoms with Crippen LogP contribution in [0.4, 0.5) is 10.1 Å². The average Bonchev–Trinajstić information content (AvgIpc) is 3.04. The fourth-order valence-corrected chi connectivity index (χ4v) is 4.37. The minimum Gasteiger partial charge on any atom is -0.395 e. The molecule has 1 saturated heterocycles. The summed E-state index contributed by atoms with van der Waals surface area (Å²) in [6.45, 7) is 9.48. The monoisotopic (exact) mass is 451 g/mol. The molecule has 0 atom stereocenters. The summed E-state index contributed by atoms with van der Waals surface area (Å²) in [5.74, 6) is -1.16. The highest BCUT2D eigenvalue weighted by Gasteiger charge is 2.43. The highest BCUT2D eigenvalue weighted by atomic mass is 19.1. The van der Waals surface area contributed by atoms with Crippen LogP contribution in [0.15, 0.2) is 54.2 Å². The Morgan fingerprint density at radius 3 is 2.03 bits per heavy atom. The molecular weight excluding hydrogens is 421 g/mol. The maximum Gasteiger partial charge on any atom is 0.282 e. The van der Waals surface area contributed by atoms with E-state index in [1.807, 2.05) is 17.0 Å². The third-order valence-electron chi connectivity index (χ3n) is 6.29. The Kier molecular flexibility index (Phi) is 6.36. The van der Waals surface area contributed by atoms with Crippen molar-refractivity contribution in [2.75, 3.05) is 44.2 Å². The maximum atomic E-state index is 13.6. The van der Waals surface area contributed by atoms with E-state index < -0.39 is 11.7 Å². The zero-order valence-corrected chi connectivity index (χ0v) is 19.3. The quantitative estimate of drug-likeness (QED) is 0.708. The van der Waals surface area contributed by atoms with Crippen molar-refractivity contribution in [1.29, 1.82) is 0 Å². The van der Waals surface area contributed by atoms with Gasteiger partial charge in [-0.25, -0.2) is 9.29 Å². The number of benzene rings is 2. The number of β-amino-alcohol motifs (C(OH)–C–C–N with tert-alkyl or cyclic N) is 1. The van der Waals surface area contributed by atoms with Crippen molar-refractivity contribution in [3.05, 3.63) is 71.2 Å². The first kappa shape index (κ1) is 23.1. The number of carbonyl (C=O) groups excluding carboxylic acids is 2. The number of aliphatic hydroxyl groups is 1. The molecule has 0 saturated carbocycles. The molecule has 2 amide bonds. The second-order valence-electron chi connectivity index (χ2n) is 9.53. The van der Waals surface area contributed by atoms with Gasteiger partial charge in [-0.15, -0.1) is 0 Å². The van der Waals surface area contributed by atoms with Crippen LogP contribution >= 0.6 is 0 Å². The Labute approximate surface area is 193 Å². The Balaban J connectivity index is 1.71. The van der Waals surface area contributed by atoms with E-state index >= 15 is 0 Å². The van der Waals surface area contributed by atoms with E-state index in [1.54, 1.807) is 24.3 Å². The van der Waals surface area contributed by atoms with Gasteiger partial charge in [-0.05, 0) is 40.8 Å². The molecule has 0 bridgehead atoms. The SMILES string of the molecule is CC(C)(C)c1ccc(N2C(=O)C(c3ccc(F)cc3)=C(N3CCN(CCO)CC3)C2=O)cc1. The summed E-state index contributed by atoms with van der Waals surface area (Å²) >= 11 is 0. The third kappa shape index (κ3) is 4.56. The van der Waals surface area contributed by atoms with Gasteiger partial charge in [0.15, 0.2) is 0 Å². The fraction of sp³-hybridized carbons (Fsp3) is 0.385. The molecule has 1 fully saturated rings. The van der Waals surface area contributed by atoms with E-state index in [1.165, 1.54) is 17.0 Å². The molecule has 6 nitrogen and oxygen atoms in total. The summed E-state index contributed by atoms with van der Waals surface area (Å²) in [6.07, 6.45) is 0. The van der Waals surface area contributed by atoms with Gasteiger partial charge in [0.2, 0.25) is 0 Å². The lowest BCUT2D eigenvalue weighted by Gasteiger charge is -2.36. The van der Waals surface area contributed by atoms with E-state index in [2.05, 4.69) is 25.7 Å². The van der Waals surface area contributed by atoms with Crippen LogP contribution in [0.5, 0.6) is 0 Å². The van der Waals surface area contributed by atoms with Crippen LogP contribution in [0.2, 0.25) is 0 Å². The zero-order chi connectivity index (χ0) is 23.8. The molecule has 0 spiro atoms. The smallest absolute Gasteiger partial charge is 0.282 e. The minimum absolute atomic E-state index is 0.0471. The minimum atomic E-state index is -0.400. The number of aliphatic hydroxyl groups excluding tert-OH is 1. The predicted octanol–water partition coefficient (Wildman–Crippen LogP) is 3.02. The van der Waals surface area contributed by atoms with Crippen LogP contribution in [-0.4, -0.2) is 66.1 Å². The van der Waals surface area contributed by atoms with Gasteiger partial charge in [0.05, 0.1) is 17.9 Å². The summed E-state index contributed by atoms with van der Waals surface area (Å²) in [4.78, 5) is 32.5. The third-order valence-corrected chi connectivity index (χ3v) is 6.29. The standard InChI is InChI=1S/C26H30FN3O3/c1-26(2,3)19-6-10-21(11-7-19)30-24(32)22(18-4-8-20(27)9-5-18)23(25(30)33)29-14-12-28(13-15-29)16-17-31/h4-11,31H,12-17H2,1-3H3. The molecule has 2 aromatic carbocycles. The van der Waals surface area contributed by atoms with Crippen LogP contribution in [-0.2, 0) is 15.0 Å².